The van der Waals surface area contributed by atoms with Gasteiger partial charge in [-0.3, -0.25) is 9.59 Å². The molecule has 1 heterocycles. The summed E-state index contributed by atoms with van der Waals surface area (Å²) in [6, 6.07) is 3.04. The SMILES string of the molecule is Cc1cc(C(N)=O)cc(NC2CCCCCC2C(=O)O)n1. The van der Waals surface area contributed by atoms with Crippen LogP contribution < -0.4 is 11.1 Å². The van der Waals surface area contributed by atoms with Crippen LogP contribution in [0.15, 0.2) is 12.1 Å². The number of carbonyl (C=O) groups is 2. The first-order valence-electron chi connectivity index (χ1n) is 7.25. The Morgan fingerprint density at radius 2 is 2.00 bits per heavy atom. The minimum Gasteiger partial charge on any atom is -0.481 e. The number of anilines is 1. The van der Waals surface area contributed by atoms with Crippen molar-refractivity contribution in [2.24, 2.45) is 11.7 Å². The minimum absolute atomic E-state index is 0.167. The second-order valence-electron chi connectivity index (χ2n) is 5.58. The van der Waals surface area contributed by atoms with E-state index >= 15 is 0 Å². The summed E-state index contributed by atoms with van der Waals surface area (Å²) in [5, 5.41) is 12.6. The Balaban J connectivity index is 2.22. The van der Waals surface area contributed by atoms with Crippen molar-refractivity contribution in [2.75, 3.05) is 5.32 Å². The number of amides is 1. The Bertz CT molecular complexity index is 545. The molecule has 1 aromatic heterocycles. The Morgan fingerprint density at radius 1 is 1.29 bits per heavy atom. The summed E-state index contributed by atoms with van der Waals surface area (Å²) < 4.78 is 0. The molecule has 2 atom stereocenters. The maximum absolute atomic E-state index is 11.4. The van der Waals surface area contributed by atoms with Crippen LogP contribution in [0.5, 0.6) is 0 Å². The number of carbonyl (C=O) groups excluding carboxylic acids is 1. The van der Waals surface area contributed by atoms with Gasteiger partial charge >= 0.3 is 5.97 Å². The number of nitrogens with zero attached hydrogens (tertiary/aromatic N) is 1. The van der Waals surface area contributed by atoms with Crippen molar-refractivity contribution in [3.63, 3.8) is 0 Å². The van der Waals surface area contributed by atoms with Gasteiger partial charge in [-0.05, 0) is 31.9 Å². The molecule has 2 unspecified atom stereocenters. The Labute approximate surface area is 123 Å². The third-order valence-electron chi connectivity index (χ3n) is 3.90. The fourth-order valence-corrected chi connectivity index (χ4v) is 2.85. The van der Waals surface area contributed by atoms with Crippen LogP contribution >= 0.6 is 0 Å². The topological polar surface area (TPSA) is 105 Å². The van der Waals surface area contributed by atoms with E-state index in [-0.39, 0.29) is 6.04 Å². The predicted molar refractivity (Wildman–Crippen MR) is 79.1 cm³/mol. The van der Waals surface area contributed by atoms with Crippen molar-refractivity contribution in [3.05, 3.63) is 23.4 Å². The van der Waals surface area contributed by atoms with Gasteiger partial charge in [0.25, 0.3) is 0 Å². The highest BCUT2D eigenvalue weighted by atomic mass is 16.4. The smallest absolute Gasteiger partial charge is 0.308 e. The summed E-state index contributed by atoms with van der Waals surface area (Å²) in [5.41, 5.74) is 6.35. The predicted octanol–water partition coefficient (Wildman–Crippen LogP) is 1.93. The molecule has 0 saturated heterocycles. The molecule has 1 amide bonds. The Morgan fingerprint density at radius 3 is 2.67 bits per heavy atom. The van der Waals surface area contributed by atoms with Gasteiger partial charge in [0.15, 0.2) is 0 Å². The third kappa shape index (κ3) is 3.93. The molecular weight excluding hydrogens is 270 g/mol. The number of carboxylic acids is 1. The summed E-state index contributed by atoms with van der Waals surface area (Å²) in [5.74, 6) is -1.20. The largest absolute Gasteiger partial charge is 0.481 e. The van der Waals surface area contributed by atoms with Crippen LogP contribution in [0.4, 0.5) is 5.82 Å². The van der Waals surface area contributed by atoms with Crippen LogP contribution in [-0.4, -0.2) is 28.0 Å². The highest BCUT2D eigenvalue weighted by Crippen LogP contribution is 2.26. The fourth-order valence-electron chi connectivity index (χ4n) is 2.85. The highest BCUT2D eigenvalue weighted by molar-refractivity contribution is 5.93. The van der Waals surface area contributed by atoms with Gasteiger partial charge in [0.05, 0.1) is 5.92 Å². The number of carboxylic acid groups (broad SMARTS) is 1. The third-order valence-corrected chi connectivity index (χ3v) is 3.90. The molecule has 6 nitrogen and oxygen atoms in total. The molecule has 1 fully saturated rings. The van der Waals surface area contributed by atoms with Crippen molar-refractivity contribution >= 4 is 17.7 Å². The lowest BCUT2D eigenvalue weighted by molar-refractivity contribution is -0.142. The normalized spacial score (nSPS) is 22.3. The molecular formula is C15H21N3O3. The molecule has 0 spiro atoms. The van der Waals surface area contributed by atoms with Gasteiger partial charge in [-0.1, -0.05) is 19.3 Å². The monoisotopic (exact) mass is 291 g/mol. The Kier molecular flexibility index (Phi) is 4.77. The van der Waals surface area contributed by atoms with Gasteiger partial charge in [-0.25, -0.2) is 4.98 Å². The molecule has 1 aliphatic rings. The van der Waals surface area contributed by atoms with Crippen molar-refractivity contribution in [3.8, 4) is 0 Å². The van der Waals surface area contributed by atoms with Crippen molar-refractivity contribution in [1.82, 2.24) is 4.98 Å². The zero-order valence-electron chi connectivity index (χ0n) is 12.1. The lowest BCUT2D eigenvalue weighted by atomic mass is 9.95. The molecule has 4 N–H and O–H groups in total. The first kappa shape index (κ1) is 15.3. The zero-order valence-corrected chi connectivity index (χ0v) is 12.1. The van der Waals surface area contributed by atoms with Crippen LogP contribution in [-0.2, 0) is 4.79 Å². The van der Waals surface area contributed by atoms with Crippen LogP contribution in [0.2, 0.25) is 0 Å². The average molecular weight is 291 g/mol. The van der Waals surface area contributed by atoms with Crippen molar-refractivity contribution in [2.45, 2.75) is 45.1 Å². The van der Waals surface area contributed by atoms with Gasteiger partial charge < -0.3 is 16.2 Å². The van der Waals surface area contributed by atoms with Crippen LogP contribution in [0.1, 0.15) is 48.2 Å². The number of hydrogen-bond donors (Lipinski definition) is 3. The molecule has 114 valence electrons. The van der Waals surface area contributed by atoms with Crippen LogP contribution in [0.3, 0.4) is 0 Å². The molecule has 1 saturated carbocycles. The van der Waals surface area contributed by atoms with E-state index in [4.69, 9.17) is 5.73 Å². The first-order chi connectivity index (χ1) is 9.97. The molecule has 1 aromatic rings. The molecule has 0 aromatic carbocycles. The van der Waals surface area contributed by atoms with Gasteiger partial charge in [0, 0.05) is 17.3 Å². The molecule has 0 aliphatic heterocycles. The van der Waals surface area contributed by atoms with Crippen molar-refractivity contribution in [1.29, 1.82) is 0 Å². The number of primary amides is 1. The van der Waals surface area contributed by atoms with Gasteiger partial charge in [-0.15, -0.1) is 0 Å². The number of aromatic nitrogens is 1. The summed E-state index contributed by atoms with van der Waals surface area (Å²) in [7, 11) is 0. The van der Waals surface area contributed by atoms with E-state index in [1.165, 1.54) is 0 Å². The number of nitrogens with one attached hydrogen (secondary N) is 1. The molecule has 0 radical (unpaired) electrons. The Hall–Kier alpha value is -2.11. The number of aryl methyl sites for hydroxylation is 1. The minimum atomic E-state index is -0.780. The highest BCUT2D eigenvalue weighted by Gasteiger charge is 2.29. The summed E-state index contributed by atoms with van der Waals surface area (Å²) >= 11 is 0. The van der Waals surface area contributed by atoms with Crippen LogP contribution in [0, 0.1) is 12.8 Å². The summed E-state index contributed by atoms with van der Waals surface area (Å²) in [6.45, 7) is 1.78. The van der Waals surface area contributed by atoms with Crippen LogP contribution in [0.25, 0.3) is 0 Å². The quantitative estimate of drug-likeness (QED) is 0.735. The number of rotatable bonds is 4. The molecule has 1 aliphatic carbocycles. The number of aliphatic carboxylic acids is 1. The lowest BCUT2D eigenvalue weighted by Crippen LogP contribution is -2.34. The van der Waals surface area contributed by atoms with E-state index in [1.807, 2.05) is 0 Å². The number of nitrogens with two attached hydrogens (primary N) is 1. The van der Waals surface area contributed by atoms with E-state index in [1.54, 1.807) is 19.1 Å². The zero-order chi connectivity index (χ0) is 15.4. The number of hydrogen-bond acceptors (Lipinski definition) is 4. The first-order valence-corrected chi connectivity index (χ1v) is 7.25. The average Bonchev–Trinajstić information content (AvgIpc) is 2.63. The fraction of sp³-hybridized carbons (Fsp3) is 0.533. The van der Waals surface area contributed by atoms with E-state index in [0.717, 1.165) is 25.7 Å². The maximum atomic E-state index is 11.4. The van der Waals surface area contributed by atoms with E-state index in [0.29, 0.717) is 23.5 Å². The lowest BCUT2D eigenvalue weighted by Gasteiger charge is -2.23. The molecule has 2 rings (SSSR count). The maximum Gasteiger partial charge on any atom is 0.308 e. The van der Waals surface area contributed by atoms with Gasteiger partial charge in [-0.2, -0.15) is 0 Å². The number of pyridine rings is 1. The van der Waals surface area contributed by atoms with Crippen molar-refractivity contribution < 1.29 is 14.7 Å². The molecule has 21 heavy (non-hydrogen) atoms. The standard InChI is InChI=1S/C15H21N3O3/c1-9-7-10(14(16)19)8-13(17-9)18-12-6-4-2-3-5-11(12)15(20)21/h7-8,11-12H,2-6H2,1H3,(H2,16,19)(H,17,18)(H,20,21). The van der Waals surface area contributed by atoms with Gasteiger partial charge in [0.1, 0.15) is 5.82 Å². The van der Waals surface area contributed by atoms with E-state index in [9.17, 15) is 14.7 Å². The van der Waals surface area contributed by atoms with E-state index in [2.05, 4.69) is 10.3 Å². The second-order valence-corrected chi connectivity index (χ2v) is 5.58. The summed E-state index contributed by atoms with van der Waals surface area (Å²) in [6.07, 6.45) is 4.44. The molecule has 6 heteroatoms. The molecule has 0 bridgehead atoms. The second kappa shape index (κ2) is 6.56. The van der Waals surface area contributed by atoms with E-state index < -0.39 is 17.8 Å². The summed E-state index contributed by atoms with van der Waals surface area (Å²) in [4.78, 5) is 27.0. The van der Waals surface area contributed by atoms with Gasteiger partial charge in [0.2, 0.25) is 5.91 Å².